The van der Waals surface area contributed by atoms with Crippen LogP contribution in [0.15, 0.2) is 12.1 Å². The minimum Gasteiger partial charge on any atom is -0.496 e. The highest BCUT2D eigenvalue weighted by molar-refractivity contribution is 7.15. The van der Waals surface area contributed by atoms with E-state index in [9.17, 15) is 0 Å². The number of ether oxygens (including phenoxy) is 2. The van der Waals surface area contributed by atoms with Gasteiger partial charge in [0.05, 0.1) is 19.9 Å². The number of benzene rings is 1. The quantitative estimate of drug-likeness (QED) is 0.672. The number of anilines is 1. The molecule has 1 aliphatic rings. The van der Waals surface area contributed by atoms with E-state index in [-0.39, 0.29) is 0 Å². The lowest BCUT2D eigenvalue weighted by atomic mass is 9.72. The van der Waals surface area contributed by atoms with Crippen molar-refractivity contribution < 1.29 is 9.47 Å². The molecule has 0 saturated heterocycles. The normalized spacial score (nSPS) is 17.1. The Morgan fingerprint density at radius 1 is 1.15 bits per heavy atom. The van der Waals surface area contributed by atoms with Gasteiger partial charge < -0.3 is 15.2 Å². The second kappa shape index (κ2) is 8.09. The SMILES string of the molecule is COc1cc(-c2nc(N)sc2CCC2CCC(C)(C)CC2)c(OC)cc1C. The van der Waals surface area contributed by atoms with Gasteiger partial charge in [-0.2, -0.15) is 0 Å². The monoisotopic (exact) mass is 388 g/mol. The van der Waals surface area contributed by atoms with Crippen molar-refractivity contribution in [1.82, 2.24) is 4.98 Å². The molecule has 1 heterocycles. The van der Waals surface area contributed by atoms with Gasteiger partial charge in [0.1, 0.15) is 11.5 Å². The lowest BCUT2D eigenvalue weighted by Crippen LogP contribution is -2.21. The molecule has 1 aromatic carbocycles. The molecule has 3 rings (SSSR count). The largest absolute Gasteiger partial charge is 0.496 e. The number of aromatic nitrogens is 1. The van der Waals surface area contributed by atoms with E-state index in [0.29, 0.717) is 10.5 Å². The van der Waals surface area contributed by atoms with Crippen molar-refractivity contribution in [3.63, 3.8) is 0 Å². The third kappa shape index (κ3) is 4.57. The highest BCUT2D eigenvalue weighted by atomic mass is 32.1. The lowest BCUT2D eigenvalue weighted by molar-refractivity contribution is 0.185. The maximum absolute atomic E-state index is 6.09. The van der Waals surface area contributed by atoms with Gasteiger partial charge in [-0.15, -0.1) is 11.3 Å². The third-order valence-corrected chi connectivity index (χ3v) is 6.87. The fraction of sp³-hybridized carbons (Fsp3) is 0.591. The summed E-state index contributed by atoms with van der Waals surface area (Å²) in [6.45, 7) is 6.80. The van der Waals surface area contributed by atoms with Crippen LogP contribution in [0, 0.1) is 18.3 Å². The highest BCUT2D eigenvalue weighted by Crippen LogP contribution is 2.42. The van der Waals surface area contributed by atoms with Gasteiger partial charge in [0.25, 0.3) is 0 Å². The molecule has 1 aromatic heterocycles. The van der Waals surface area contributed by atoms with Crippen LogP contribution in [0.5, 0.6) is 11.5 Å². The Morgan fingerprint density at radius 3 is 2.44 bits per heavy atom. The lowest BCUT2D eigenvalue weighted by Gasteiger charge is -2.34. The smallest absolute Gasteiger partial charge is 0.180 e. The van der Waals surface area contributed by atoms with E-state index in [2.05, 4.69) is 18.8 Å². The molecule has 0 aliphatic heterocycles. The Hall–Kier alpha value is -1.75. The van der Waals surface area contributed by atoms with Crippen LogP contribution in [0.4, 0.5) is 5.13 Å². The Kier molecular flexibility index (Phi) is 5.99. The molecule has 1 fully saturated rings. The van der Waals surface area contributed by atoms with Gasteiger partial charge in [0.2, 0.25) is 0 Å². The molecule has 2 aromatic rings. The van der Waals surface area contributed by atoms with E-state index >= 15 is 0 Å². The summed E-state index contributed by atoms with van der Waals surface area (Å²) in [5.41, 5.74) is 9.57. The Morgan fingerprint density at radius 2 is 1.81 bits per heavy atom. The van der Waals surface area contributed by atoms with E-state index in [4.69, 9.17) is 15.2 Å². The molecular weight excluding hydrogens is 356 g/mol. The third-order valence-electron chi connectivity index (χ3n) is 5.92. The predicted octanol–water partition coefficient (Wildman–Crippen LogP) is 5.87. The standard InChI is InChI=1S/C22H32N2O2S/c1-14-12-18(26-5)16(13-17(14)25-4)20-19(27-21(23)24-20)7-6-15-8-10-22(2,3)11-9-15/h12-13,15H,6-11H2,1-5H3,(H2,23,24). The van der Waals surface area contributed by atoms with E-state index in [0.717, 1.165) is 40.7 Å². The zero-order chi connectivity index (χ0) is 19.6. The second-order valence-electron chi connectivity index (χ2n) is 8.49. The first-order chi connectivity index (χ1) is 12.8. The van der Waals surface area contributed by atoms with E-state index in [1.54, 1.807) is 25.6 Å². The fourth-order valence-electron chi connectivity index (χ4n) is 4.07. The van der Waals surface area contributed by atoms with Gasteiger partial charge in [0, 0.05) is 10.4 Å². The Labute approximate surface area is 167 Å². The van der Waals surface area contributed by atoms with Crippen LogP contribution in [0.25, 0.3) is 11.3 Å². The van der Waals surface area contributed by atoms with Crippen molar-refractivity contribution in [3.05, 3.63) is 22.6 Å². The summed E-state index contributed by atoms with van der Waals surface area (Å²) in [5, 5.41) is 0.617. The molecular formula is C22H32N2O2S. The van der Waals surface area contributed by atoms with Gasteiger partial charge in [-0.25, -0.2) is 4.98 Å². The van der Waals surface area contributed by atoms with Gasteiger partial charge in [0.15, 0.2) is 5.13 Å². The Bertz CT molecular complexity index is 788. The van der Waals surface area contributed by atoms with Crippen LogP contribution in [-0.2, 0) is 6.42 Å². The molecule has 1 aliphatic carbocycles. The molecule has 1 saturated carbocycles. The summed E-state index contributed by atoms with van der Waals surface area (Å²) in [4.78, 5) is 5.89. The molecule has 0 unspecified atom stereocenters. The summed E-state index contributed by atoms with van der Waals surface area (Å²) in [5.74, 6) is 2.47. The first-order valence-corrected chi connectivity index (χ1v) is 10.6. The maximum atomic E-state index is 6.09. The molecule has 0 amide bonds. The van der Waals surface area contributed by atoms with E-state index in [1.165, 1.54) is 37.0 Å². The molecule has 2 N–H and O–H groups in total. The van der Waals surface area contributed by atoms with Crippen molar-refractivity contribution in [2.24, 2.45) is 11.3 Å². The number of hydrogen-bond acceptors (Lipinski definition) is 5. The van der Waals surface area contributed by atoms with Crippen molar-refractivity contribution in [1.29, 1.82) is 0 Å². The summed E-state index contributed by atoms with van der Waals surface area (Å²) in [6, 6.07) is 4.03. The van der Waals surface area contributed by atoms with Crippen molar-refractivity contribution in [2.75, 3.05) is 20.0 Å². The van der Waals surface area contributed by atoms with Crippen LogP contribution >= 0.6 is 11.3 Å². The maximum Gasteiger partial charge on any atom is 0.180 e. The summed E-state index contributed by atoms with van der Waals surface area (Å²) in [6.07, 6.45) is 7.55. The molecule has 5 heteroatoms. The minimum atomic E-state index is 0.516. The predicted molar refractivity (Wildman–Crippen MR) is 114 cm³/mol. The van der Waals surface area contributed by atoms with Crippen LogP contribution in [0.3, 0.4) is 0 Å². The van der Waals surface area contributed by atoms with Gasteiger partial charge >= 0.3 is 0 Å². The highest BCUT2D eigenvalue weighted by Gasteiger charge is 2.27. The molecule has 27 heavy (non-hydrogen) atoms. The molecule has 0 spiro atoms. The first kappa shape index (κ1) is 20.0. The topological polar surface area (TPSA) is 57.4 Å². The number of aryl methyl sites for hydroxylation is 2. The fourth-order valence-corrected chi connectivity index (χ4v) is 4.93. The van der Waals surface area contributed by atoms with Crippen molar-refractivity contribution >= 4 is 16.5 Å². The average Bonchev–Trinajstić information content (AvgIpc) is 3.01. The zero-order valence-corrected chi connectivity index (χ0v) is 18.0. The van der Waals surface area contributed by atoms with Gasteiger partial charge in [-0.3, -0.25) is 0 Å². The Balaban J connectivity index is 1.82. The number of thiazole rings is 1. The summed E-state index contributed by atoms with van der Waals surface area (Å²) < 4.78 is 11.1. The number of nitrogens with zero attached hydrogens (tertiary/aromatic N) is 1. The van der Waals surface area contributed by atoms with Crippen molar-refractivity contribution in [2.45, 2.75) is 59.3 Å². The molecule has 4 nitrogen and oxygen atoms in total. The summed E-state index contributed by atoms with van der Waals surface area (Å²) in [7, 11) is 3.39. The number of nitrogen functional groups attached to an aromatic ring is 1. The van der Waals surface area contributed by atoms with E-state index < -0.39 is 0 Å². The second-order valence-corrected chi connectivity index (χ2v) is 9.61. The van der Waals surface area contributed by atoms with Gasteiger partial charge in [-0.05, 0) is 74.5 Å². The molecule has 0 radical (unpaired) electrons. The molecule has 0 bridgehead atoms. The van der Waals surface area contributed by atoms with Crippen molar-refractivity contribution in [3.8, 4) is 22.8 Å². The average molecular weight is 389 g/mol. The molecule has 0 atom stereocenters. The zero-order valence-electron chi connectivity index (χ0n) is 17.2. The first-order valence-electron chi connectivity index (χ1n) is 9.81. The van der Waals surface area contributed by atoms with Crippen LogP contribution < -0.4 is 15.2 Å². The van der Waals surface area contributed by atoms with Crippen LogP contribution in [0.1, 0.15) is 56.4 Å². The van der Waals surface area contributed by atoms with Crippen LogP contribution in [-0.4, -0.2) is 19.2 Å². The minimum absolute atomic E-state index is 0.516. The number of methoxy groups -OCH3 is 2. The van der Waals surface area contributed by atoms with Gasteiger partial charge in [-0.1, -0.05) is 13.8 Å². The van der Waals surface area contributed by atoms with Crippen LogP contribution in [0.2, 0.25) is 0 Å². The summed E-state index contributed by atoms with van der Waals surface area (Å²) >= 11 is 1.60. The number of hydrogen-bond donors (Lipinski definition) is 1. The van der Waals surface area contributed by atoms with E-state index in [1.807, 2.05) is 19.1 Å². The molecule has 148 valence electrons. The number of rotatable bonds is 6. The number of nitrogens with two attached hydrogens (primary N) is 1.